The molecule has 5 rings (SSSR count). The van der Waals surface area contributed by atoms with E-state index in [1.807, 2.05) is 36.4 Å². The molecule has 2 aromatic carbocycles. The fraction of sp³-hybridized carbons (Fsp3) is 0.333. The van der Waals surface area contributed by atoms with Crippen LogP contribution < -0.4 is 9.47 Å². The van der Waals surface area contributed by atoms with Crippen LogP contribution >= 0.6 is 0 Å². The van der Waals surface area contributed by atoms with E-state index in [0.29, 0.717) is 11.5 Å². The fourth-order valence-corrected chi connectivity index (χ4v) is 4.25. The summed E-state index contributed by atoms with van der Waals surface area (Å²) in [4.78, 5) is 24.1. The van der Waals surface area contributed by atoms with Gasteiger partial charge < -0.3 is 18.9 Å². The first-order valence-corrected chi connectivity index (χ1v) is 8.94. The highest BCUT2D eigenvalue weighted by molar-refractivity contribution is 5.95. The lowest BCUT2D eigenvalue weighted by Gasteiger charge is -2.45. The van der Waals surface area contributed by atoms with Crippen LogP contribution in [-0.2, 0) is 19.1 Å². The number of rotatable bonds is 2. The van der Waals surface area contributed by atoms with Crippen molar-refractivity contribution in [2.24, 2.45) is 5.92 Å². The number of methoxy groups -OCH3 is 1. The van der Waals surface area contributed by atoms with E-state index in [2.05, 4.69) is 0 Å². The molecule has 0 saturated carbocycles. The SMILES string of the molecule is COC1CC(=O)OC1C1CC(=O)C=CC12Oc1cccc3cccc(c13)O2. The van der Waals surface area contributed by atoms with Crippen LogP contribution in [0.5, 0.6) is 11.5 Å². The maximum Gasteiger partial charge on any atom is 0.308 e. The molecular formula is C21H18O6. The molecule has 0 bridgehead atoms. The zero-order valence-corrected chi connectivity index (χ0v) is 14.7. The van der Waals surface area contributed by atoms with Crippen molar-refractivity contribution in [3.63, 3.8) is 0 Å². The minimum atomic E-state index is -1.23. The van der Waals surface area contributed by atoms with Gasteiger partial charge in [-0.3, -0.25) is 9.59 Å². The molecule has 2 aromatic rings. The molecule has 0 N–H and O–H groups in total. The van der Waals surface area contributed by atoms with Gasteiger partial charge in [0.1, 0.15) is 23.7 Å². The summed E-state index contributed by atoms with van der Waals surface area (Å²) >= 11 is 0. The molecule has 0 radical (unpaired) electrons. The highest BCUT2D eigenvalue weighted by atomic mass is 16.7. The summed E-state index contributed by atoms with van der Waals surface area (Å²) in [6, 6.07) is 11.6. The molecule has 1 aliphatic carbocycles. The van der Waals surface area contributed by atoms with E-state index in [9.17, 15) is 9.59 Å². The quantitative estimate of drug-likeness (QED) is 0.761. The van der Waals surface area contributed by atoms with Crippen molar-refractivity contribution in [3.8, 4) is 11.5 Å². The molecular weight excluding hydrogens is 348 g/mol. The van der Waals surface area contributed by atoms with E-state index in [-0.39, 0.29) is 24.6 Å². The number of hydrogen-bond acceptors (Lipinski definition) is 6. The van der Waals surface area contributed by atoms with Crippen molar-refractivity contribution in [3.05, 3.63) is 48.6 Å². The molecule has 1 spiro atoms. The van der Waals surface area contributed by atoms with Crippen molar-refractivity contribution in [1.29, 1.82) is 0 Å². The molecule has 3 atom stereocenters. The van der Waals surface area contributed by atoms with Crippen LogP contribution in [0.4, 0.5) is 0 Å². The van der Waals surface area contributed by atoms with Gasteiger partial charge in [0.15, 0.2) is 5.78 Å². The third kappa shape index (κ3) is 2.44. The summed E-state index contributed by atoms with van der Waals surface area (Å²) < 4.78 is 23.6. The molecule has 138 valence electrons. The molecule has 0 amide bonds. The van der Waals surface area contributed by atoms with Gasteiger partial charge in [0.05, 0.1) is 17.7 Å². The molecule has 2 heterocycles. The normalized spacial score (nSPS) is 28.1. The zero-order chi connectivity index (χ0) is 18.6. The van der Waals surface area contributed by atoms with Crippen molar-refractivity contribution in [2.75, 3.05) is 7.11 Å². The minimum absolute atomic E-state index is 0.0623. The van der Waals surface area contributed by atoms with Gasteiger partial charge in [-0.05, 0) is 23.6 Å². The molecule has 1 fully saturated rings. The van der Waals surface area contributed by atoms with Crippen LogP contribution in [0.2, 0.25) is 0 Å². The number of carbonyl (C=O) groups excluding carboxylic acids is 2. The predicted molar refractivity (Wildman–Crippen MR) is 95.5 cm³/mol. The van der Waals surface area contributed by atoms with E-state index in [0.717, 1.165) is 10.8 Å². The number of cyclic esters (lactones) is 1. The fourth-order valence-electron chi connectivity index (χ4n) is 4.25. The summed E-state index contributed by atoms with van der Waals surface area (Å²) in [5.41, 5.74) is 0. The largest absolute Gasteiger partial charge is 0.459 e. The molecule has 3 unspecified atom stereocenters. The lowest BCUT2D eigenvalue weighted by Crippen LogP contribution is -2.57. The molecule has 2 aliphatic heterocycles. The van der Waals surface area contributed by atoms with E-state index in [1.165, 1.54) is 13.2 Å². The maximum atomic E-state index is 12.2. The second-order valence-electron chi connectivity index (χ2n) is 7.08. The Labute approximate surface area is 155 Å². The van der Waals surface area contributed by atoms with Gasteiger partial charge >= 0.3 is 5.97 Å². The van der Waals surface area contributed by atoms with Crippen LogP contribution in [0.3, 0.4) is 0 Å². The maximum absolute atomic E-state index is 12.2. The number of hydrogen-bond donors (Lipinski definition) is 0. The van der Waals surface area contributed by atoms with Gasteiger partial charge in [0, 0.05) is 19.6 Å². The summed E-state index contributed by atoms with van der Waals surface area (Å²) in [6.07, 6.45) is 2.34. The zero-order valence-electron chi connectivity index (χ0n) is 14.7. The Bertz CT molecular complexity index is 937. The van der Waals surface area contributed by atoms with Gasteiger partial charge in [-0.1, -0.05) is 24.3 Å². The summed E-state index contributed by atoms with van der Waals surface area (Å²) in [5, 5.41) is 1.90. The Kier molecular flexibility index (Phi) is 3.52. The molecule has 1 saturated heterocycles. The number of esters is 1. The molecule has 3 aliphatic rings. The second kappa shape index (κ2) is 5.82. The van der Waals surface area contributed by atoms with Crippen LogP contribution in [0.15, 0.2) is 48.6 Å². The molecule has 0 aromatic heterocycles. The van der Waals surface area contributed by atoms with E-state index in [4.69, 9.17) is 18.9 Å². The lowest BCUT2D eigenvalue weighted by molar-refractivity contribution is -0.179. The number of ketones is 1. The average molecular weight is 366 g/mol. The lowest BCUT2D eigenvalue weighted by atomic mass is 9.80. The molecule has 6 heteroatoms. The minimum Gasteiger partial charge on any atom is -0.459 e. The molecule has 6 nitrogen and oxygen atoms in total. The number of carbonyl (C=O) groups is 2. The Morgan fingerprint density at radius 1 is 1.04 bits per heavy atom. The van der Waals surface area contributed by atoms with E-state index >= 15 is 0 Å². The van der Waals surface area contributed by atoms with Crippen LogP contribution in [-0.4, -0.2) is 36.9 Å². The van der Waals surface area contributed by atoms with Crippen molar-refractivity contribution < 1.29 is 28.5 Å². The summed E-state index contributed by atoms with van der Waals surface area (Å²) in [5.74, 6) is -0.805. The van der Waals surface area contributed by atoms with Crippen molar-refractivity contribution in [1.82, 2.24) is 0 Å². The van der Waals surface area contributed by atoms with Gasteiger partial charge in [-0.2, -0.15) is 0 Å². The smallest absolute Gasteiger partial charge is 0.308 e. The molecule has 27 heavy (non-hydrogen) atoms. The van der Waals surface area contributed by atoms with Crippen LogP contribution in [0.1, 0.15) is 12.8 Å². The van der Waals surface area contributed by atoms with Crippen LogP contribution in [0, 0.1) is 5.92 Å². The third-order valence-corrected chi connectivity index (χ3v) is 5.51. The Hall–Kier alpha value is -2.86. The van der Waals surface area contributed by atoms with Gasteiger partial charge in [0.2, 0.25) is 0 Å². The Morgan fingerprint density at radius 3 is 2.41 bits per heavy atom. The second-order valence-corrected chi connectivity index (χ2v) is 7.08. The number of allylic oxidation sites excluding steroid dienone is 1. The summed E-state index contributed by atoms with van der Waals surface area (Å²) in [6.45, 7) is 0. The highest BCUT2D eigenvalue weighted by Crippen LogP contribution is 2.48. The van der Waals surface area contributed by atoms with Gasteiger partial charge in [0.25, 0.3) is 5.79 Å². The van der Waals surface area contributed by atoms with E-state index < -0.39 is 23.9 Å². The van der Waals surface area contributed by atoms with E-state index in [1.54, 1.807) is 6.08 Å². The first-order valence-electron chi connectivity index (χ1n) is 8.94. The van der Waals surface area contributed by atoms with Gasteiger partial charge in [-0.15, -0.1) is 0 Å². The predicted octanol–water partition coefficient (Wildman–Crippen LogP) is 2.78. The highest BCUT2D eigenvalue weighted by Gasteiger charge is 2.56. The Morgan fingerprint density at radius 2 is 1.74 bits per heavy atom. The first-order chi connectivity index (χ1) is 13.1. The topological polar surface area (TPSA) is 71.1 Å². The Balaban J connectivity index is 1.62. The third-order valence-electron chi connectivity index (χ3n) is 5.51. The number of benzene rings is 2. The van der Waals surface area contributed by atoms with Crippen molar-refractivity contribution >= 4 is 22.5 Å². The monoisotopic (exact) mass is 366 g/mol. The number of ether oxygens (including phenoxy) is 4. The standard InChI is InChI=1S/C21H18O6/c1-24-17-11-18(23)25-20(17)14-10-13(22)8-9-21(14)26-15-6-2-4-12-5-3-7-16(27-21)19(12)15/h2-9,14,17,20H,10-11H2,1H3. The van der Waals surface area contributed by atoms with Gasteiger partial charge in [-0.25, -0.2) is 0 Å². The van der Waals surface area contributed by atoms with Crippen molar-refractivity contribution in [2.45, 2.75) is 30.8 Å². The average Bonchev–Trinajstić information content (AvgIpc) is 3.05. The van der Waals surface area contributed by atoms with Crippen LogP contribution in [0.25, 0.3) is 10.8 Å². The first kappa shape index (κ1) is 16.3. The summed E-state index contributed by atoms with van der Waals surface area (Å²) in [7, 11) is 1.53.